The lowest BCUT2D eigenvalue weighted by molar-refractivity contribution is 0.353. The average molecular weight is 447 g/mol. The average Bonchev–Trinajstić information content (AvgIpc) is 3.04. The first-order valence-electron chi connectivity index (χ1n) is 8.28. The standard InChI is InChI=1S/C19H19BrN4O2S/c1-25-16-11-14(10-15(20)18(16)26-2)12-21-24-17(22-23-19(24)27)9-8-13-6-4-3-5-7-13/h3-7,10-12H,8-9H2,1-2H3,(H,23,27)/b21-12-. The highest BCUT2D eigenvalue weighted by atomic mass is 79.9. The van der Waals surface area contributed by atoms with Crippen molar-refractivity contribution in [1.82, 2.24) is 14.9 Å². The number of benzene rings is 2. The number of aromatic nitrogens is 3. The summed E-state index contributed by atoms with van der Waals surface area (Å²) in [6.45, 7) is 0. The minimum Gasteiger partial charge on any atom is -0.493 e. The summed E-state index contributed by atoms with van der Waals surface area (Å²) >= 11 is 8.80. The summed E-state index contributed by atoms with van der Waals surface area (Å²) in [5.41, 5.74) is 2.09. The van der Waals surface area contributed by atoms with Gasteiger partial charge in [0.25, 0.3) is 0 Å². The van der Waals surface area contributed by atoms with Crippen molar-refractivity contribution in [2.24, 2.45) is 5.10 Å². The van der Waals surface area contributed by atoms with Crippen LogP contribution in [0.3, 0.4) is 0 Å². The fourth-order valence-electron chi connectivity index (χ4n) is 2.64. The van der Waals surface area contributed by atoms with Crippen LogP contribution in [0.25, 0.3) is 0 Å². The summed E-state index contributed by atoms with van der Waals surface area (Å²) in [5, 5.41) is 11.6. The Kier molecular flexibility index (Phi) is 6.41. The molecule has 0 aliphatic heterocycles. The fraction of sp³-hybridized carbons (Fsp3) is 0.211. The first-order valence-corrected chi connectivity index (χ1v) is 9.48. The van der Waals surface area contributed by atoms with E-state index in [0.717, 1.165) is 28.7 Å². The lowest BCUT2D eigenvalue weighted by Crippen LogP contribution is -2.02. The van der Waals surface area contributed by atoms with Crippen molar-refractivity contribution in [2.75, 3.05) is 14.2 Å². The van der Waals surface area contributed by atoms with Crippen LogP contribution in [0.1, 0.15) is 17.0 Å². The minimum atomic E-state index is 0.453. The molecule has 0 fully saturated rings. The summed E-state index contributed by atoms with van der Waals surface area (Å²) in [5.74, 6) is 2.03. The zero-order valence-electron chi connectivity index (χ0n) is 15.0. The first kappa shape index (κ1) is 19.3. The molecule has 0 spiro atoms. The third-order valence-corrected chi connectivity index (χ3v) is 4.83. The Bertz CT molecular complexity index is 999. The molecule has 0 amide bonds. The smallest absolute Gasteiger partial charge is 0.216 e. The van der Waals surface area contributed by atoms with E-state index in [1.807, 2.05) is 30.3 Å². The maximum atomic E-state index is 5.37. The lowest BCUT2D eigenvalue weighted by atomic mass is 10.1. The summed E-state index contributed by atoms with van der Waals surface area (Å²) in [6.07, 6.45) is 3.30. The number of hydrogen-bond donors (Lipinski definition) is 1. The van der Waals surface area contributed by atoms with Gasteiger partial charge in [-0.3, -0.25) is 5.10 Å². The highest BCUT2D eigenvalue weighted by Crippen LogP contribution is 2.35. The molecule has 0 atom stereocenters. The molecule has 0 saturated heterocycles. The second-order valence-corrected chi connectivity index (χ2v) is 6.97. The monoisotopic (exact) mass is 446 g/mol. The Morgan fingerprint density at radius 3 is 2.67 bits per heavy atom. The highest BCUT2D eigenvalue weighted by molar-refractivity contribution is 9.10. The van der Waals surface area contributed by atoms with Crippen LogP contribution in [0.5, 0.6) is 11.5 Å². The van der Waals surface area contributed by atoms with E-state index in [0.29, 0.717) is 16.3 Å². The number of methoxy groups -OCH3 is 2. The van der Waals surface area contributed by atoms with Gasteiger partial charge in [0.1, 0.15) is 0 Å². The molecule has 0 bridgehead atoms. The van der Waals surface area contributed by atoms with Crippen molar-refractivity contribution in [1.29, 1.82) is 0 Å². The molecule has 0 radical (unpaired) electrons. The van der Waals surface area contributed by atoms with Gasteiger partial charge >= 0.3 is 0 Å². The number of halogens is 1. The van der Waals surface area contributed by atoms with E-state index in [-0.39, 0.29) is 0 Å². The Hall–Kier alpha value is -2.45. The van der Waals surface area contributed by atoms with Crippen LogP contribution in [-0.4, -0.2) is 35.3 Å². The van der Waals surface area contributed by atoms with Crippen LogP contribution >= 0.6 is 28.1 Å². The number of ether oxygens (including phenoxy) is 2. The SMILES string of the molecule is COc1cc(/C=N\n2c(CCc3ccccc3)n[nH]c2=S)cc(Br)c1OC. The number of H-pyrrole nitrogens is 1. The Morgan fingerprint density at radius 1 is 1.19 bits per heavy atom. The molecule has 27 heavy (non-hydrogen) atoms. The lowest BCUT2D eigenvalue weighted by Gasteiger charge is -2.10. The van der Waals surface area contributed by atoms with Gasteiger partial charge in [0.05, 0.1) is 24.9 Å². The molecular formula is C19H19BrN4O2S. The normalized spacial score (nSPS) is 11.1. The van der Waals surface area contributed by atoms with E-state index in [1.165, 1.54) is 5.56 Å². The van der Waals surface area contributed by atoms with Crippen LogP contribution in [0.4, 0.5) is 0 Å². The third kappa shape index (κ3) is 4.64. The van der Waals surface area contributed by atoms with Crippen molar-refractivity contribution in [3.63, 3.8) is 0 Å². The number of hydrogen-bond acceptors (Lipinski definition) is 5. The summed E-state index contributed by atoms with van der Waals surface area (Å²) < 4.78 is 13.6. The second kappa shape index (κ2) is 8.96. The number of aromatic amines is 1. The summed E-state index contributed by atoms with van der Waals surface area (Å²) in [7, 11) is 3.19. The van der Waals surface area contributed by atoms with Crippen LogP contribution in [-0.2, 0) is 12.8 Å². The molecule has 0 saturated carbocycles. The molecule has 3 aromatic rings. The molecule has 2 aromatic carbocycles. The van der Waals surface area contributed by atoms with Crippen LogP contribution in [0.15, 0.2) is 52.0 Å². The van der Waals surface area contributed by atoms with Crippen molar-refractivity contribution in [3.05, 3.63) is 68.7 Å². The van der Waals surface area contributed by atoms with E-state index in [9.17, 15) is 0 Å². The molecule has 0 aliphatic carbocycles. The highest BCUT2D eigenvalue weighted by Gasteiger charge is 2.10. The fourth-order valence-corrected chi connectivity index (χ4v) is 3.46. The Labute approximate surface area is 171 Å². The molecular weight excluding hydrogens is 428 g/mol. The van der Waals surface area contributed by atoms with Gasteiger partial charge in [-0.25, -0.2) is 0 Å². The van der Waals surface area contributed by atoms with Gasteiger partial charge in [-0.2, -0.15) is 14.9 Å². The zero-order chi connectivity index (χ0) is 19.2. The Morgan fingerprint density at radius 2 is 1.96 bits per heavy atom. The summed E-state index contributed by atoms with van der Waals surface area (Å²) in [6, 6.07) is 14.0. The van der Waals surface area contributed by atoms with Crippen LogP contribution < -0.4 is 9.47 Å². The van der Waals surface area contributed by atoms with Crippen molar-refractivity contribution in [2.45, 2.75) is 12.8 Å². The van der Waals surface area contributed by atoms with Gasteiger partial charge in [0.15, 0.2) is 17.3 Å². The zero-order valence-corrected chi connectivity index (χ0v) is 17.4. The molecule has 6 nitrogen and oxygen atoms in total. The topological polar surface area (TPSA) is 64.4 Å². The number of aryl methyl sites for hydroxylation is 2. The maximum Gasteiger partial charge on any atom is 0.216 e. The van der Waals surface area contributed by atoms with Gasteiger partial charge in [-0.15, -0.1) is 0 Å². The molecule has 0 unspecified atom stereocenters. The molecule has 0 aliphatic rings. The first-order chi connectivity index (χ1) is 13.1. The van der Waals surface area contributed by atoms with Gasteiger partial charge in [-0.1, -0.05) is 30.3 Å². The molecule has 8 heteroatoms. The third-order valence-electron chi connectivity index (χ3n) is 3.98. The Balaban J connectivity index is 1.82. The van der Waals surface area contributed by atoms with Gasteiger partial charge in [0.2, 0.25) is 4.77 Å². The van der Waals surface area contributed by atoms with Crippen molar-refractivity contribution >= 4 is 34.4 Å². The van der Waals surface area contributed by atoms with Gasteiger partial charge < -0.3 is 9.47 Å². The minimum absolute atomic E-state index is 0.453. The quantitative estimate of drug-likeness (QED) is 0.431. The van der Waals surface area contributed by atoms with Crippen molar-refractivity contribution in [3.8, 4) is 11.5 Å². The second-order valence-electron chi connectivity index (χ2n) is 5.73. The predicted octanol–water partition coefficient (Wildman–Crippen LogP) is 4.39. The van der Waals surface area contributed by atoms with E-state index in [2.05, 4.69) is 43.4 Å². The molecule has 1 N–H and O–H groups in total. The van der Waals surface area contributed by atoms with Gasteiger partial charge in [-0.05, 0) is 57.8 Å². The largest absolute Gasteiger partial charge is 0.493 e. The van der Waals surface area contributed by atoms with E-state index < -0.39 is 0 Å². The van der Waals surface area contributed by atoms with Crippen LogP contribution in [0, 0.1) is 4.77 Å². The number of nitrogens with one attached hydrogen (secondary N) is 1. The number of rotatable bonds is 7. The number of nitrogens with zero attached hydrogens (tertiary/aromatic N) is 3. The van der Waals surface area contributed by atoms with E-state index >= 15 is 0 Å². The van der Waals surface area contributed by atoms with E-state index in [4.69, 9.17) is 21.7 Å². The molecule has 140 valence electrons. The molecule has 1 aromatic heterocycles. The summed E-state index contributed by atoms with van der Waals surface area (Å²) in [4.78, 5) is 0. The molecule has 1 heterocycles. The van der Waals surface area contributed by atoms with Crippen molar-refractivity contribution < 1.29 is 9.47 Å². The predicted molar refractivity (Wildman–Crippen MR) is 111 cm³/mol. The van der Waals surface area contributed by atoms with Gasteiger partial charge in [0, 0.05) is 6.42 Å². The maximum absolute atomic E-state index is 5.37. The van der Waals surface area contributed by atoms with E-state index in [1.54, 1.807) is 25.1 Å². The molecule has 3 rings (SSSR count). The van der Waals surface area contributed by atoms with Crippen LogP contribution in [0.2, 0.25) is 0 Å².